The van der Waals surface area contributed by atoms with E-state index >= 15 is 0 Å². The number of nitrogens with zero attached hydrogens (tertiary/aromatic N) is 2. The first kappa shape index (κ1) is 16.8. The van der Waals surface area contributed by atoms with Gasteiger partial charge in [0.1, 0.15) is 0 Å². The van der Waals surface area contributed by atoms with Gasteiger partial charge in [0.25, 0.3) is 0 Å². The molecule has 19 heavy (non-hydrogen) atoms. The van der Waals surface area contributed by atoms with Crippen LogP contribution in [0.1, 0.15) is 20.8 Å². The van der Waals surface area contributed by atoms with Crippen LogP contribution in [-0.2, 0) is 25.4 Å². The number of allylic oxidation sites excluding steroid dienone is 2. The van der Waals surface area contributed by atoms with E-state index in [9.17, 15) is 0 Å². The van der Waals surface area contributed by atoms with Gasteiger partial charge >= 0.3 is 12.7 Å². The molecule has 0 aromatic heterocycles. The molecular weight excluding hydrogens is 285 g/mol. The van der Waals surface area contributed by atoms with Crippen LogP contribution in [0.15, 0.2) is 16.8 Å². The lowest BCUT2D eigenvalue weighted by atomic mass is 10.3. The van der Waals surface area contributed by atoms with Crippen LogP contribution >= 0.6 is 6.72 Å². The summed E-state index contributed by atoms with van der Waals surface area (Å²) >= 11 is 5.30. The SMILES string of the molecule is CCN(CC)C1(OP(=S)(OC)OC)N=CC=C(C)N1. The molecule has 0 amide bonds. The average Bonchev–Trinajstić information content (AvgIpc) is 2.39. The van der Waals surface area contributed by atoms with Crippen molar-refractivity contribution in [2.24, 2.45) is 4.99 Å². The fourth-order valence-corrected chi connectivity index (χ4v) is 2.93. The molecular formula is C11H22N3O3PS. The van der Waals surface area contributed by atoms with Crippen LogP contribution in [0.3, 0.4) is 0 Å². The lowest BCUT2D eigenvalue weighted by Gasteiger charge is -2.42. The molecule has 0 fully saturated rings. The van der Waals surface area contributed by atoms with Crippen LogP contribution in [0, 0.1) is 0 Å². The highest BCUT2D eigenvalue weighted by Crippen LogP contribution is 2.52. The molecule has 8 heteroatoms. The summed E-state index contributed by atoms with van der Waals surface area (Å²) in [7, 11) is 2.96. The number of rotatable bonds is 7. The minimum atomic E-state index is -2.83. The van der Waals surface area contributed by atoms with E-state index in [0.29, 0.717) is 0 Å². The molecule has 1 aliphatic heterocycles. The molecule has 1 rings (SSSR count). The van der Waals surface area contributed by atoms with E-state index in [2.05, 4.69) is 10.3 Å². The normalized spacial score (nSPS) is 23.4. The zero-order valence-corrected chi connectivity index (χ0v) is 13.8. The summed E-state index contributed by atoms with van der Waals surface area (Å²) < 4.78 is 16.4. The third-order valence-electron chi connectivity index (χ3n) is 2.81. The second kappa shape index (κ2) is 6.92. The minimum absolute atomic E-state index is 0.747. The smallest absolute Gasteiger partial charge is 0.329 e. The molecule has 1 unspecified atom stereocenters. The van der Waals surface area contributed by atoms with Crippen molar-refractivity contribution in [3.63, 3.8) is 0 Å². The van der Waals surface area contributed by atoms with Gasteiger partial charge in [0.2, 0.25) is 0 Å². The van der Waals surface area contributed by atoms with Crippen molar-refractivity contribution >= 4 is 24.7 Å². The van der Waals surface area contributed by atoms with Gasteiger partial charge in [-0.2, -0.15) is 0 Å². The standard InChI is InChI=1S/C11H22N3O3PS/c1-6-14(7-2)11(12-9-8-10(3)13-11)17-18(19,15-4)16-5/h8-9,13H,6-7H2,1-5H3. The van der Waals surface area contributed by atoms with Crippen LogP contribution in [0.2, 0.25) is 0 Å². The van der Waals surface area contributed by atoms with E-state index in [1.165, 1.54) is 14.2 Å². The van der Waals surface area contributed by atoms with Crippen LogP contribution in [0.4, 0.5) is 0 Å². The maximum atomic E-state index is 5.94. The van der Waals surface area contributed by atoms with E-state index in [4.69, 9.17) is 25.4 Å². The van der Waals surface area contributed by atoms with Crippen molar-refractivity contribution in [2.45, 2.75) is 26.7 Å². The first-order chi connectivity index (χ1) is 8.95. The Morgan fingerprint density at radius 3 is 2.37 bits per heavy atom. The largest absolute Gasteiger partial charge is 0.331 e. The van der Waals surface area contributed by atoms with Gasteiger partial charge in [0, 0.05) is 39.2 Å². The number of aliphatic imine (C=N–C) groups is 1. The van der Waals surface area contributed by atoms with Gasteiger partial charge in [-0.1, -0.05) is 13.8 Å². The zero-order valence-electron chi connectivity index (χ0n) is 12.0. The molecule has 0 aliphatic carbocycles. The molecule has 6 nitrogen and oxygen atoms in total. The minimum Gasteiger partial charge on any atom is -0.329 e. The van der Waals surface area contributed by atoms with Crippen LogP contribution < -0.4 is 5.32 Å². The summed E-state index contributed by atoms with van der Waals surface area (Å²) in [6.45, 7) is 4.66. The van der Waals surface area contributed by atoms with E-state index in [-0.39, 0.29) is 0 Å². The third-order valence-corrected chi connectivity index (χ3v) is 5.30. The Morgan fingerprint density at radius 1 is 1.37 bits per heavy atom. The van der Waals surface area contributed by atoms with Crippen LogP contribution in [-0.4, -0.2) is 44.4 Å². The number of hydrogen-bond acceptors (Lipinski definition) is 7. The first-order valence-corrected chi connectivity index (χ1v) is 8.68. The summed E-state index contributed by atoms with van der Waals surface area (Å²) in [6, 6.07) is 0. The molecule has 0 saturated carbocycles. The Balaban J connectivity index is 3.10. The maximum Gasteiger partial charge on any atom is 0.331 e. The monoisotopic (exact) mass is 307 g/mol. The molecule has 0 bridgehead atoms. The highest BCUT2D eigenvalue weighted by molar-refractivity contribution is 8.07. The van der Waals surface area contributed by atoms with Gasteiger partial charge in [-0.3, -0.25) is 0 Å². The van der Waals surface area contributed by atoms with Gasteiger partial charge in [-0.25, -0.2) is 14.4 Å². The molecule has 0 aromatic rings. The topological polar surface area (TPSA) is 55.3 Å². The molecule has 0 spiro atoms. The zero-order chi connectivity index (χ0) is 14.5. The van der Waals surface area contributed by atoms with E-state index in [0.717, 1.165) is 18.8 Å². The predicted octanol–water partition coefficient (Wildman–Crippen LogP) is 2.05. The highest BCUT2D eigenvalue weighted by Gasteiger charge is 2.42. The maximum absolute atomic E-state index is 5.94. The van der Waals surface area contributed by atoms with Crippen molar-refractivity contribution in [1.82, 2.24) is 10.2 Å². The predicted molar refractivity (Wildman–Crippen MR) is 80.4 cm³/mol. The Morgan fingerprint density at radius 2 is 1.95 bits per heavy atom. The molecule has 110 valence electrons. The molecule has 0 saturated heterocycles. The summed E-state index contributed by atoms with van der Waals surface area (Å²) in [5.41, 5.74) is 0.940. The molecule has 0 aromatic carbocycles. The van der Waals surface area contributed by atoms with Gasteiger partial charge in [0.05, 0.1) is 0 Å². The van der Waals surface area contributed by atoms with Crippen molar-refractivity contribution in [3.8, 4) is 0 Å². The van der Waals surface area contributed by atoms with Crippen molar-refractivity contribution in [1.29, 1.82) is 0 Å². The number of hydrogen-bond donors (Lipinski definition) is 1. The quantitative estimate of drug-likeness (QED) is 0.574. The second-order valence-corrected chi connectivity index (χ2v) is 7.09. The van der Waals surface area contributed by atoms with Gasteiger partial charge in [-0.05, 0) is 24.8 Å². The van der Waals surface area contributed by atoms with Crippen molar-refractivity contribution < 1.29 is 13.6 Å². The summed E-state index contributed by atoms with van der Waals surface area (Å²) in [5, 5.41) is 3.22. The fourth-order valence-electron chi connectivity index (χ4n) is 1.80. The lowest BCUT2D eigenvalue weighted by molar-refractivity contribution is -0.104. The lowest BCUT2D eigenvalue weighted by Crippen LogP contribution is -2.59. The Bertz CT molecular complexity index is 404. The van der Waals surface area contributed by atoms with Gasteiger partial charge in [0.15, 0.2) is 0 Å². The van der Waals surface area contributed by atoms with Crippen molar-refractivity contribution in [2.75, 3.05) is 27.3 Å². The summed E-state index contributed by atoms with van der Waals surface area (Å²) in [5.74, 6) is -1.07. The summed E-state index contributed by atoms with van der Waals surface area (Å²) in [6.07, 6.45) is 3.57. The Kier molecular flexibility index (Phi) is 6.11. The molecule has 1 aliphatic rings. The highest BCUT2D eigenvalue weighted by atomic mass is 32.5. The molecule has 1 N–H and O–H groups in total. The molecule has 1 heterocycles. The molecule has 0 radical (unpaired) electrons. The third kappa shape index (κ3) is 3.84. The molecule has 1 atom stereocenters. The van der Waals surface area contributed by atoms with E-state index < -0.39 is 12.7 Å². The first-order valence-electron chi connectivity index (χ1n) is 6.13. The van der Waals surface area contributed by atoms with Crippen LogP contribution in [0.25, 0.3) is 0 Å². The van der Waals surface area contributed by atoms with Crippen LogP contribution in [0.5, 0.6) is 0 Å². The fraction of sp³-hybridized carbons (Fsp3) is 0.727. The Hall–Kier alpha value is -0.300. The Labute approximate surface area is 120 Å². The van der Waals surface area contributed by atoms with Gasteiger partial charge in [-0.15, -0.1) is 0 Å². The van der Waals surface area contributed by atoms with E-state index in [1.54, 1.807) is 6.21 Å². The van der Waals surface area contributed by atoms with Crippen molar-refractivity contribution in [3.05, 3.63) is 11.8 Å². The second-order valence-electron chi connectivity index (χ2n) is 3.94. The summed E-state index contributed by atoms with van der Waals surface area (Å²) in [4.78, 5) is 6.44. The van der Waals surface area contributed by atoms with Gasteiger partial charge < -0.3 is 14.4 Å². The van der Waals surface area contributed by atoms with E-state index in [1.807, 2.05) is 31.7 Å². The average molecular weight is 307 g/mol. The number of nitrogens with one attached hydrogen (secondary N) is 1.